The number of hydrogen-bond donors (Lipinski definition) is 1. The van der Waals surface area contributed by atoms with Crippen LogP contribution >= 0.6 is 0 Å². The number of piperidine rings is 1. The summed E-state index contributed by atoms with van der Waals surface area (Å²) in [5.74, 6) is 0.673. The van der Waals surface area contributed by atoms with E-state index in [0.29, 0.717) is 13.2 Å². The smallest absolute Gasteiger partial charge is 0.320 e. The van der Waals surface area contributed by atoms with Gasteiger partial charge in [0.05, 0.1) is 13.2 Å². The summed E-state index contributed by atoms with van der Waals surface area (Å²) in [5, 5.41) is 3.38. The fraction of sp³-hybridized carbons (Fsp3) is 0.933. The van der Waals surface area contributed by atoms with E-state index in [1.165, 1.54) is 12.8 Å². The second kappa shape index (κ2) is 10.2. The monoisotopic (exact) mass is 270 g/mol. The summed E-state index contributed by atoms with van der Waals surface area (Å²) in [6, 6.07) is 0. The molecule has 0 spiro atoms. The molecule has 1 fully saturated rings. The normalized spacial score (nSPS) is 16.8. The van der Waals surface area contributed by atoms with Crippen LogP contribution in [0.5, 0.6) is 0 Å². The maximum Gasteiger partial charge on any atom is 0.320 e. The molecule has 0 saturated carbocycles. The number of nitrogens with zero attached hydrogens (tertiary/aromatic N) is 1. The molecule has 0 atom stereocenters. The molecule has 19 heavy (non-hydrogen) atoms. The molecule has 0 radical (unpaired) electrons. The highest BCUT2D eigenvalue weighted by atomic mass is 16.5. The van der Waals surface area contributed by atoms with Crippen LogP contribution in [-0.4, -0.2) is 50.2 Å². The van der Waals surface area contributed by atoms with Crippen LogP contribution in [0.15, 0.2) is 0 Å². The molecule has 1 saturated heterocycles. The van der Waals surface area contributed by atoms with Crippen molar-refractivity contribution in [3.8, 4) is 0 Å². The van der Waals surface area contributed by atoms with E-state index >= 15 is 0 Å². The van der Waals surface area contributed by atoms with Gasteiger partial charge in [0, 0.05) is 6.54 Å². The van der Waals surface area contributed by atoms with Crippen molar-refractivity contribution < 1.29 is 9.53 Å². The lowest BCUT2D eigenvalue weighted by atomic mass is 9.97. The Bertz CT molecular complexity index is 240. The van der Waals surface area contributed by atoms with E-state index in [0.717, 1.165) is 51.4 Å². The van der Waals surface area contributed by atoms with E-state index < -0.39 is 0 Å². The number of rotatable bonds is 9. The molecule has 0 bridgehead atoms. The predicted octanol–water partition coefficient (Wildman–Crippen LogP) is 2.04. The largest absolute Gasteiger partial charge is 0.465 e. The zero-order valence-corrected chi connectivity index (χ0v) is 12.6. The minimum Gasteiger partial charge on any atom is -0.465 e. The quantitative estimate of drug-likeness (QED) is 0.514. The highest BCUT2D eigenvalue weighted by Gasteiger charge is 2.18. The van der Waals surface area contributed by atoms with Crippen LogP contribution in [0.2, 0.25) is 0 Å². The van der Waals surface area contributed by atoms with Crippen molar-refractivity contribution in [2.45, 2.75) is 46.0 Å². The van der Waals surface area contributed by atoms with Crippen molar-refractivity contribution in [2.75, 3.05) is 39.3 Å². The molecule has 4 heteroatoms. The third-order valence-electron chi connectivity index (χ3n) is 3.63. The first-order valence-electron chi connectivity index (χ1n) is 7.85. The van der Waals surface area contributed by atoms with Crippen molar-refractivity contribution in [3.63, 3.8) is 0 Å². The van der Waals surface area contributed by atoms with Crippen LogP contribution in [0.1, 0.15) is 46.0 Å². The number of unbranched alkanes of at least 4 members (excludes halogenated alkanes) is 1. The summed E-state index contributed by atoms with van der Waals surface area (Å²) < 4.78 is 5.26. The Kier molecular flexibility index (Phi) is 8.84. The number of nitrogens with one attached hydrogen (secondary N) is 1. The molecule has 1 heterocycles. The van der Waals surface area contributed by atoms with Gasteiger partial charge in [0.1, 0.15) is 0 Å². The molecular formula is C15H30N2O2. The van der Waals surface area contributed by atoms with Crippen LogP contribution in [0.3, 0.4) is 0 Å². The SMILES string of the molecule is CCCCOC(=O)CN(CCC)CC1CCNCC1. The first-order valence-corrected chi connectivity index (χ1v) is 7.85. The summed E-state index contributed by atoms with van der Waals surface area (Å²) in [6.45, 7) is 9.57. The first kappa shape index (κ1) is 16.4. The molecule has 4 nitrogen and oxygen atoms in total. The Morgan fingerprint density at radius 1 is 1.26 bits per heavy atom. The van der Waals surface area contributed by atoms with E-state index in [1.54, 1.807) is 0 Å². The van der Waals surface area contributed by atoms with E-state index in [9.17, 15) is 4.79 Å². The minimum absolute atomic E-state index is 0.0594. The van der Waals surface area contributed by atoms with Crippen molar-refractivity contribution in [1.82, 2.24) is 10.2 Å². The summed E-state index contributed by atoms with van der Waals surface area (Å²) in [5.41, 5.74) is 0. The lowest BCUT2D eigenvalue weighted by Gasteiger charge is -2.29. The predicted molar refractivity (Wildman–Crippen MR) is 78.2 cm³/mol. The second-order valence-electron chi connectivity index (χ2n) is 5.50. The number of carbonyl (C=O) groups excluding carboxylic acids is 1. The number of carbonyl (C=O) groups is 1. The first-order chi connectivity index (χ1) is 9.26. The molecule has 1 N–H and O–H groups in total. The molecule has 112 valence electrons. The number of ether oxygens (including phenoxy) is 1. The summed E-state index contributed by atoms with van der Waals surface area (Å²) in [6.07, 6.45) is 5.58. The Hall–Kier alpha value is -0.610. The van der Waals surface area contributed by atoms with E-state index in [-0.39, 0.29) is 5.97 Å². The third-order valence-corrected chi connectivity index (χ3v) is 3.63. The fourth-order valence-electron chi connectivity index (χ4n) is 2.54. The van der Waals surface area contributed by atoms with Crippen LogP contribution in [0.4, 0.5) is 0 Å². The average Bonchev–Trinajstić information content (AvgIpc) is 2.40. The van der Waals surface area contributed by atoms with Gasteiger partial charge in [-0.1, -0.05) is 20.3 Å². The van der Waals surface area contributed by atoms with Crippen molar-refractivity contribution >= 4 is 5.97 Å². The highest BCUT2D eigenvalue weighted by Crippen LogP contribution is 2.13. The van der Waals surface area contributed by atoms with Gasteiger partial charge in [0.2, 0.25) is 0 Å². The lowest BCUT2D eigenvalue weighted by molar-refractivity contribution is -0.145. The van der Waals surface area contributed by atoms with Gasteiger partial charge in [-0.2, -0.15) is 0 Å². The average molecular weight is 270 g/mol. The summed E-state index contributed by atoms with van der Waals surface area (Å²) in [4.78, 5) is 14.0. The van der Waals surface area contributed by atoms with Crippen LogP contribution in [-0.2, 0) is 9.53 Å². The van der Waals surface area contributed by atoms with E-state index in [1.807, 2.05) is 0 Å². The van der Waals surface area contributed by atoms with Crippen LogP contribution < -0.4 is 5.32 Å². The second-order valence-corrected chi connectivity index (χ2v) is 5.50. The molecule has 1 rings (SSSR count). The van der Waals surface area contributed by atoms with Crippen molar-refractivity contribution in [3.05, 3.63) is 0 Å². The van der Waals surface area contributed by atoms with Crippen molar-refractivity contribution in [2.24, 2.45) is 5.92 Å². The topological polar surface area (TPSA) is 41.6 Å². The van der Waals surface area contributed by atoms with Gasteiger partial charge in [-0.25, -0.2) is 0 Å². The Morgan fingerprint density at radius 2 is 2.00 bits per heavy atom. The van der Waals surface area contributed by atoms with E-state index in [2.05, 4.69) is 24.1 Å². The van der Waals surface area contributed by atoms with Crippen LogP contribution in [0, 0.1) is 5.92 Å². The molecule has 1 aliphatic heterocycles. The lowest BCUT2D eigenvalue weighted by Crippen LogP contribution is -2.39. The molecule has 0 unspecified atom stereocenters. The molecule has 0 aromatic rings. The molecule has 0 aromatic heterocycles. The van der Waals surface area contributed by atoms with Gasteiger partial charge < -0.3 is 10.1 Å². The van der Waals surface area contributed by atoms with Gasteiger partial charge in [-0.05, 0) is 51.2 Å². The van der Waals surface area contributed by atoms with Gasteiger partial charge in [-0.15, -0.1) is 0 Å². The summed E-state index contributed by atoms with van der Waals surface area (Å²) in [7, 11) is 0. The Morgan fingerprint density at radius 3 is 2.63 bits per heavy atom. The van der Waals surface area contributed by atoms with Crippen molar-refractivity contribution in [1.29, 1.82) is 0 Å². The highest BCUT2D eigenvalue weighted by molar-refractivity contribution is 5.71. The zero-order chi connectivity index (χ0) is 13.9. The standard InChI is InChI=1S/C15H30N2O2/c1-3-5-11-19-15(18)13-17(10-4-2)12-14-6-8-16-9-7-14/h14,16H,3-13H2,1-2H3. The minimum atomic E-state index is -0.0594. The van der Waals surface area contributed by atoms with Crippen LogP contribution in [0.25, 0.3) is 0 Å². The molecular weight excluding hydrogens is 240 g/mol. The fourth-order valence-corrected chi connectivity index (χ4v) is 2.54. The van der Waals surface area contributed by atoms with Gasteiger partial charge in [-0.3, -0.25) is 9.69 Å². The Balaban J connectivity index is 2.27. The Labute approximate surface area is 117 Å². The molecule has 0 aliphatic carbocycles. The molecule has 1 aliphatic rings. The zero-order valence-electron chi connectivity index (χ0n) is 12.6. The number of esters is 1. The summed E-state index contributed by atoms with van der Waals surface area (Å²) >= 11 is 0. The van der Waals surface area contributed by atoms with Gasteiger partial charge >= 0.3 is 5.97 Å². The molecule has 0 amide bonds. The third kappa shape index (κ3) is 7.53. The maximum absolute atomic E-state index is 11.8. The maximum atomic E-state index is 11.8. The van der Waals surface area contributed by atoms with E-state index in [4.69, 9.17) is 4.74 Å². The number of hydrogen-bond acceptors (Lipinski definition) is 4. The molecule has 0 aromatic carbocycles. The van der Waals surface area contributed by atoms with Gasteiger partial charge in [0.25, 0.3) is 0 Å². The van der Waals surface area contributed by atoms with Gasteiger partial charge in [0.15, 0.2) is 0 Å².